The SMILES string of the molecule is CCC1CCCCN1S(=O)(=O)c1ccc(C(=O)N(CCCN(C)C)c2nc3ccc(OC)cc3s2)cc1. The van der Waals surface area contributed by atoms with Gasteiger partial charge in [-0.1, -0.05) is 24.7 Å². The highest BCUT2D eigenvalue weighted by Crippen LogP contribution is 2.33. The van der Waals surface area contributed by atoms with Gasteiger partial charge in [0.25, 0.3) is 5.91 Å². The summed E-state index contributed by atoms with van der Waals surface area (Å²) in [6.07, 6.45) is 4.40. The predicted octanol–water partition coefficient (Wildman–Crippen LogP) is 4.86. The quantitative estimate of drug-likeness (QED) is 0.363. The summed E-state index contributed by atoms with van der Waals surface area (Å²) in [5.41, 5.74) is 1.24. The van der Waals surface area contributed by atoms with Crippen LogP contribution in [0.15, 0.2) is 47.4 Å². The zero-order chi connectivity index (χ0) is 26.6. The summed E-state index contributed by atoms with van der Waals surface area (Å²) in [4.78, 5) is 22.4. The zero-order valence-electron chi connectivity index (χ0n) is 22.0. The van der Waals surface area contributed by atoms with Crippen LogP contribution in [0.4, 0.5) is 5.13 Å². The first-order chi connectivity index (χ1) is 17.7. The van der Waals surface area contributed by atoms with Gasteiger partial charge in [0, 0.05) is 24.7 Å². The van der Waals surface area contributed by atoms with Crippen LogP contribution in [0.3, 0.4) is 0 Å². The van der Waals surface area contributed by atoms with E-state index in [1.54, 1.807) is 40.6 Å². The van der Waals surface area contributed by atoms with E-state index < -0.39 is 10.0 Å². The van der Waals surface area contributed by atoms with Crippen LogP contribution < -0.4 is 9.64 Å². The van der Waals surface area contributed by atoms with Crippen LogP contribution in [0.2, 0.25) is 0 Å². The molecular formula is C27H36N4O4S2. The Balaban J connectivity index is 1.61. The molecule has 1 aliphatic rings. The van der Waals surface area contributed by atoms with Crippen LogP contribution in [-0.4, -0.2) is 75.4 Å². The molecule has 0 spiro atoms. The number of hydrogen-bond acceptors (Lipinski definition) is 7. The van der Waals surface area contributed by atoms with Crippen molar-refractivity contribution in [3.8, 4) is 5.75 Å². The summed E-state index contributed by atoms with van der Waals surface area (Å²) in [6.45, 7) is 3.90. The summed E-state index contributed by atoms with van der Waals surface area (Å²) in [5, 5.41) is 0.614. The van der Waals surface area contributed by atoms with E-state index in [1.165, 1.54) is 11.3 Å². The molecule has 8 nitrogen and oxygen atoms in total. The predicted molar refractivity (Wildman–Crippen MR) is 149 cm³/mol. The molecule has 1 amide bonds. The van der Waals surface area contributed by atoms with Gasteiger partial charge in [0.05, 0.1) is 22.2 Å². The van der Waals surface area contributed by atoms with E-state index in [9.17, 15) is 13.2 Å². The van der Waals surface area contributed by atoms with Crippen molar-refractivity contribution in [1.29, 1.82) is 0 Å². The maximum absolute atomic E-state index is 13.7. The molecule has 200 valence electrons. The highest BCUT2D eigenvalue weighted by molar-refractivity contribution is 7.89. The van der Waals surface area contributed by atoms with E-state index in [2.05, 4.69) is 4.90 Å². The number of methoxy groups -OCH3 is 1. The van der Waals surface area contributed by atoms with Crippen molar-refractivity contribution in [1.82, 2.24) is 14.2 Å². The Morgan fingerprint density at radius 1 is 1.14 bits per heavy atom. The molecule has 1 aromatic heterocycles. The first-order valence-electron chi connectivity index (χ1n) is 12.8. The number of piperidine rings is 1. The second kappa shape index (κ2) is 11.9. The highest BCUT2D eigenvalue weighted by Gasteiger charge is 2.32. The Hall–Kier alpha value is -2.53. The number of aromatic nitrogens is 1. The first kappa shape index (κ1) is 27.5. The molecule has 1 aliphatic heterocycles. The van der Waals surface area contributed by atoms with Crippen LogP contribution in [0.1, 0.15) is 49.4 Å². The topological polar surface area (TPSA) is 83.1 Å². The molecule has 1 unspecified atom stereocenters. The monoisotopic (exact) mass is 544 g/mol. The van der Waals surface area contributed by atoms with Gasteiger partial charge in [-0.25, -0.2) is 13.4 Å². The summed E-state index contributed by atoms with van der Waals surface area (Å²) in [5.74, 6) is 0.544. The van der Waals surface area contributed by atoms with E-state index >= 15 is 0 Å². The molecule has 1 saturated heterocycles. The number of amides is 1. The van der Waals surface area contributed by atoms with Crippen LogP contribution in [0, 0.1) is 0 Å². The number of thiazole rings is 1. The molecular weight excluding hydrogens is 508 g/mol. The van der Waals surface area contributed by atoms with Gasteiger partial charge in [0.1, 0.15) is 5.75 Å². The van der Waals surface area contributed by atoms with E-state index in [0.717, 1.165) is 54.6 Å². The molecule has 10 heteroatoms. The van der Waals surface area contributed by atoms with Crippen molar-refractivity contribution in [3.05, 3.63) is 48.0 Å². The van der Waals surface area contributed by atoms with Gasteiger partial charge < -0.3 is 9.64 Å². The lowest BCUT2D eigenvalue weighted by Gasteiger charge is -2.34. The van der Waals surface area contributed by atoms with E-state index in [-0.39, 0.29) is 16.8 Å². The third-order valence-electron chi connectivity index (χ3n) is 6.80. The number of anilines is 1. The molecule has 37 heavy (non-hydrogen) atoms. The van der Waals surface area contributed by atoms with E-state index in [0.29, 0.717) is 23.8 Å². The maximum atomic E-state index is 13.7. The standard InChI is InChI=1S/C27H36N4O4S2/c1-5-21-9-6-7-18-31(21)37(33,34)23-13-10-20(11-14-23)26(32)30(17-8-16-29(2)3)27-28-24-15-12-22(35-4)19-25(24)36-27/h10-15,19,21H,5-9,16-18H2,1-4H3. The molecule has 4 rings (SSSR count). The van der Waals surface area contributed by atoms with Crippen LogP contribution in [-0.2, 0) is 10.0 Å². The number of carbonyl (C=O) groups excluding carboxylic acids is 1. The van der Waals surface area contributed by atoms with Crippen molar-refractivity contribution >= 4 is 42.6 Å². The normalized spacial score (nSPS) is 16.8. The maximum Gasteiger partial charge on any atom is 0.260 e. The van der Waals surface area contributed by atoms with Gasteiger partial charge in [0.2, 0.25) is 10.0 Å². The number of sulfonamides is 1. The van der Waals surface area contributed by atoms with Gasteiger partial charge >= 0.3 is 0 Å². The van der Waals surface area contributed by atoms with Gasteiger partial charge in [-0.15, -0.1) is 0 Å². The molecule has 2 aromatic carbocycles. The number of nitrogens with zero attached hydrogens (tertiary/aromatic N) is 4. The Bertz CT molecular complexity index is 1320. The van der Waals surface area contributed by atoms with Crippen molar-refractivity contribution in [2.45, 2.75) is 50.0 Å². The number of hydrogen-bond donors (Lipinski definition) is 0. The number of fused-ring (bicyclic) bond motifs is 1. The number of rotatable bonds is 10. The molecule has 2 heterocycles. The average molecular weight is 545 g/mol. The van der Waals surface area contributed by atoms with Crippen LogP contribution in [0.5, 0.6) is 5.75 Å². The minimum atomic E-state index is -3.61. The lowest BCUT2D eigenvalue weighted by atomic mass is 10.0. The summed E-state index contributed by atoms with van der Waals surface area (Å²) in [7, 11) is 2.02. The Labute approximate surface area is 223 Å². The minimum absolute atomic E-state index is 0.0323. The smallest absolute Gasteiger partial charge is 0.260 e. The zero-order valence-corrected chi connectivity index (χ0v) is 23.6. The Morgan fingerprint density at radius 3 is 2.57 bits per heavy atom. The molecule has 0 aliphatic carbocycles. The third-order valence-corrected chi connectivity index (χ3v) is 9.81. The fourth-order valence-electron chi connectivity index (χ4n) is 4.72. The first-order valence-corrected chi connectivity index (χ1v) is 15.0. The molecule has 1 fully saturated rings. The average Bonchev–Trinajstić information content (AvgIpc) is 3.33. The molecule has 0 saturated carbocycles. The lowest BCUT2D eigenvalue weighted by molar-refractivity contribution is 0.0986. The van der Waals surface area contributed by atoms with Gasteiger partial charge in [-0.3, -0.25) is 9.69 Å². The summed E-state index contributed by atoms with van der Waals surface area (Å²) >= 11 is 1.44. The van der Waals surface area contributed by atoms with Gasteiger partial charge in [-0.2, -0.15) is 4.31 Å². The van der Waals surface area contributed by atoms with Crippen molar-refractivity contribution in [2.75, 3.05) is 45.7 Å². The summed E-state index contributed by atoms with van der Waals surface area (Å²) < 4.78 is 34.6. The molecule has 1 atom stereocenters. The fraction of sp³-hybridized carbons (Fsp3) is 0.481. The Kier molecular flexibility index (Phi) is 8.84. The van der Waals surface area contributed by atoms with E-state index in [1.807, 2.05) is 39.2 Å². The van der Waals surface area contributed by atoms with Crippen LogP contribution >= 0.6 is 11.3 Å². The van der Waals surface area contributed by atoms with Crippen molar-refractivity contribution < 1.29 is 17.9 Å². The highest BCUT2D eigenvalue weighted by atomic mass is 32.2. The molecule has 0 bridgehead atoms. The second-order valence-corrected chi connectivity index (χ2v) is 12.5. The molecule has 3 aromatic rings. The third kappa shape index (κ3) is 6.14. The number of benzene rings is 2. The van der Waals surface area contributed by atoms with Gasteiger partial charge in [-0.05, 0) is 88.8 Å². The minimum Gasteiger partial charge on any atom is -0.497 e. The van der Waals surface area contributed by atoms with Crippen molar-refractivity contribution in [2.24, 2.45) is 0 Å². The second-order valence-electron chi connectivity index (χ2n) is 9.64. The molecule has 0 N–H and O–H groups in total. The Morgan fingerprint density at radius 2 is 1.89 bits per heavy atom. The lowest BCUT2D eigenvalue weighted by Crippen LogP contribution is -2.43. The number of carbonyl (C=O) groups is 1. The van der Waals surface area contributed by atoms with Crippen LogP contribution in [0.25, 0.3) is 10.2 Å². The number of ether oxygens (including phenoxy) is 1. The van der Waals surface area contributed by atoms with E-state index in [4.69, 9.17) is 9.72 Å². The largest absolute Gasteiger partial charge is 0.497 e. The van der Waals surface area contributed by atoms with Gasteiger partial charge in [0.15, 0.2) is 5.13 Å². The summed E-state index contributed by atoms with van der Waals surface area (Å²) in [6, 6.07) is 12.1. The molecule has 0 radical (unpaired) electrons. The van der Waals surface area contributed by atoms with Crippen molar-refractivity contribution in [3.63, 3.8) is 0 Å². The fourth-order valence-corrected chi connectivity index (χ4v) is 7.51.